The lowest BCUT2D eigenvalue weighted by molar-refractivity contribution is -0.134. The average molecular weight is 371 g/mol. The molecule has 2 N–H and O–H groups in total. The van der Waals surface area contributed by atoms with E-state index in [1.54, 1.807) is 0 Å². The lowest BCUT2D eigenvalue weighted by Crippen LogP contribution is -2.54. The number of fused-ring (bicyclic) bond motifs is 5. The summed E-state index contributed by atoms with van der Waals surface area (Å²) in [5, 5.41) is 4.09. The zero-order valence-corrected chi connectivity index (χ0v) is 15.6. The summed E-state index contributed by atoms with van der Waals surface area (Å²) < 4.78 is 0. The molecular formula is C23H21N3O2. The van der Waals surface area contributed by atoms with Gasteiger partial charge in [-0.25, -0.2) is 0 Å². The van der Waals surface area contributed by atoms with E-state index in [1.807, 2.05) is 47.4 Å². The van der Waals surface area contributed by atoms with Crippen molar-refractivity contribution in [3.8, 4) is 0 Å². The standard InChI is InChI=1S/C23H21N3O2/c1-14(27)24-22-18(15-7-3-2-4-8-15)13-20-21-17(11-12-26(20)23(22)28)16-9-5-6-10-19(16)25-21/h2-10,13,18,22,25H,11-12H2,1H3,(H,24,27)/t18-,22-/m1/s1. The minimum absolute atomic E-state index is 0.0501. The zero-order valence-electron chi connectivity index (χ0n) is 15.6. The van der Waals surface area contributed by atoms with Crippen molar-refractivity contribution in [2.24, 2.45) is 0 Å². The van der Waals surface area contributed by atoms with Gasteiger partial charge < -0.3 is 15.2 Å². The number of benzene rings is 2. The molecule has 0 unspecified atom stereocenters. The predicted molar refractivity (Wildman–Crippen MR) is 108 cm³/mol. The summed E-state index contributed by atoms with van der Waals surface area (Å²) in [5.74, 6) is -0.452. The lowest BCUT2D eigenvalue weighted by atomic mass is 9.84. The van der Waals surface area contributed by atoms with Crippen LogP contribution in [0.5, 0.6) is 0 Å². The van der Waals surface area contributed by atoms with E-state index >= 15 is 0 Å². The van der Waals surface area contributed by atoms with Gasteiger partial charge in [-0.3, -0.25) is 9.59 Å². The van der Waals surface area contributed by atoms with Crippen molar-refractivity contribution in [1.82, 2.24) is 15.2 Å². The van der Waals surface area contributed by atoms with E-state index in [0.29, 0.717) is 6.54 Å². The van der Waals surface area contributed by atoms with Crippen molar-refractivity contribution in [1.29, 1.82) is 0 Å². The van der Waals surface area contributed by atoms with Crippen LogP contribution in [-0.2, 0) is 16.0 Å². The van der Waals surface area contributed by atoms with Gasteiger partial charge in [0, 0.05) is 30.3 Å². The lowest BCUT2D eigenvalue weighted by Gasteiger charge is -2.40. The van der Waals surface area contributed by atoms with Gasteiger partial charge in [0.15, 0.2) is 0 Å². The van der Waals surface area contributed by atoms with Crippen LogP contribution < -0.4 is 5.32 Å². The fourth-order valence-electron chi connectivity index (χ4n) is 4.48. The summed E-state index contributed by atoms with van der Waals surface area (Å²) in [6.07, 6.45) is 2.93. The zero-order chi connectivity index (χ0) is 19.3. The van der Waals surface area contributed by atoms with Crippen molar-refractivity contribution < 1.29 is 9.59 Å². The normalized spacial score (nSPS) is 21.1. The predicted octanol–water partition coefficient (Wildman–Crippen LogP) is 3.20. The SMILES string of the molecule is CC(=O)N[C@H]1C(=O)N2CCc3c([nH]c4ccccc34)C2=C[C@@H]1c1ccccc1. The smallest absolute Gasteiger partial charge is 0.250 e. The maximum atomic E-state index is 13.4. The Morgan fingerprint density at radius 2 is 1.86 bits per heavy atom. The molecule has 0 spiro atoms. The first-order valence-electron chi connectivity index (χ1n) is 9.58. The molecule has 0 fully saturated rings. The molecule has 28 heavy (non-hydrogen) atoms. The molecule has 5 nitrogen and oxygen atoms in total. The Hall–Kier alpha value is -3.34. The fraction of sp³-hybridized carbons (Fsp3) is 0.217. The third kappa shape index (κ3) is 2.54. The van der Waals surface area contributed by atoms with Gasteiger partial charge in [-0.1, -0.05) is 48.5 Å². The van der Waals surface area contributed by atoms with Crippen LogP contribution in [0.15, 0.2) is 60.7 Å². The van der Waals surface area contributed by atoms with Gasteiger partial charge in [-0.15, -0.1) is 0 Å². The number of rotatable bonds is 2. The Balaban J connectivity index is 1.69. The third-order valence-electron chi connectivity index (χ3n) is 5.72. The highest BCUT2D eigenvalue weighted by Crippen LogP contribution is 2.40. The molecular weight excluding hydrogens is 350 g/mol. The second-order valence-electron chi connectivity index (χ2n) is 7.43. The van der Waals surface area contributed by atoms with Crippen LogP contribution in [0.3, 0.4) is 0 Å². The molecule has 0 radical (unpaired) electrons. The highest BCUT2D eigenvalue weighted by molar-refractivity contribution is 5.99. The number of hydrogen-bond acceptors (Lipinski definition) is 2. The van der Waals surface area contributed by atoms with Crippen LogP contribution in [0.4, 0.5) is 0 Å². The summed E-state index contributed by atoms with van der Waals surface area (Å²) in [6, 6.07) is 17.6. The van der Waals surface area contributed by atoms with Gasteiger partial charge in [0.25, 0.3) is 5.91 Å². The third-order valence-corrected chi connectivity index (χ3v) is 5.72. The Kier molecular flexibility index (Phi) is 3.83. The summed E-state index contributed by atoms with van der Waals surface area (Å²) in [7, 11) is 0. The highest BCUT2D eigenvalue weighted by Gasteiger charge is 2.41. The minimum Gasteiger partial charge on any atom is -0.353 e. The quantitative estimate of drug-likeness (QED) is 0.727. The Morgan fingerprint density at radius 1 is 1.11 bits per heavy atom. The number of aromatic amines is 1. The van der Waals surface area contributed by atoms with E-state index in [1.165, 1.54) is 17.9 Å². The van der Waals surface area contributed by atoms with Crippen molar-refractivity contribution in [3.05, 3.63) is 77.5 Å². The first kappa shape index (κ1) is 16.8. The number of carbonyl (C=O) groups excluding carboxylic acids is 2. The first-order chi connectivity index (χ1) is 13.6. The van der Waals surface area contributed by atoms with Crippen molar-refractivity contribution in [2.75, 3.05) is 6.54 Å². The summed E-state index contributed by atoms with van der Waals surface area (Å²) in [4.78, 5) is 30.5. The number of para-hydroxylation sites is 1. The molecule has 2 atom stereocenters. The Morgan fingerprint density at radius 3 is 2.64 bits per heavy atom. The molecule has 2 amide bonds. The van der Waals surface area contributed by atoms with Gasteiger partial charge in [-0.2, -0.15) is 0 Å². The van der Waals surface area contributed by atoms with E-state index in [2.05, 4.69) is 28.5 Å². The summed E-state index contributed by atoms with van der Waals surface area (Å²) >= 11 is 0. The Labute approximate surface area is 163 Å². The number of nitrogens with zero attached hydrogens (tertiary/aromatic N) is 1. The summed E-state index contributed by atoms with van der Waals surface area (Å²) in [6.45, 7) is 2.08. The monoisotopic (exact) mass is 371 g/mol. The van der Waals surface area contributed by atoms with Crippen molar-refractivity contribution >= 4 is 28.4 Å². The maximum absolute atomic E-state index is 13.4. The molecule has 2 aliphatic rings. The molecule has 140 valence electrons. The average Bonchev–Trinajstić information content (AvgIpc) is 3.09. The number of nitrogens with one attached hydrogen (secondary N) is 2. The molecule has 0 saturated heterocycles. The van der Waals surface area contributed by atoms with E-state index < -0.39 is 6.04 Å². The summed E-state index contributed by atoms with van der Waals surface area (Å²) in [5.41, 5.74) is 5.30. The topological polar surface area (TPSA) is 65.2 Å². The minimum atomic E-state index is -0.588. The van der Waals surface area contributed by atoms with E-state index in [-0.39, 0.29) is 17.7 Å². The number of amides is 2. The second-order valence-corrected chi connectivity index (χ2v) is 7.43. The van der Waals surface area contributed by atoms with E-state index in [4.69, 9.17) is 0 Å². The van der Waals surface area contributed by atoms with Gasteiger partial charge in [-0.05, 0) is 29.7 Å². The van der Waals surface area contributed by atoms with Gasteiger partial charge >= 0.3 is 0 Å². The molecule has 0 saturated carbocycles. The van der Waals surface area contributed by atoms with Gasteiger partial charge in [0.2, 0.25) is 5.91 Å². The van der Waals surface area contributed by atoms with Crippen molar-refractivity contribution in [3.63, 3.8) is 0 Å². The molecule has 0 bridgehead atoms. The molecule has 3 aromatic rings. The van der Waals surface area contributed by atoms with Crippen LogP contribution in [0.1, 0.15) is 29.7 Å². The van der Waals surface area contributed by atoms with E-state index in [0.717, 1.165) is 28.9 Å². The highest BCUT2D eigenvalue weighted by atomic mass is 16.2. The molecule has 2 aliphatic heterocycles. The van der Waals surface area contributed by atoms with E-state index in [9.17, 15) is 9.59 Å². The molecule has 2 aromatic carbocycles. The largest absolute Gasteiger partial charge is 0.353 e. The van der Waals surface area contributed by atoms with Gasteiger partial charge in [0.05, 0.1) is 11.4 Å². The van der Waals surface area contributed by atoms with Crippen LogP contribution in [-0.4, -0.2) is 34.3 Å². The first-order valence-corrected chi connectivity index (χ1v) is 9.58. The molecule has 1 aromatic heterocycles. The number of carbonyl (C=O) groups is 2. The molecule has 0 aliphatic carbocycles. The molecule has 5 heteroatoms. The number of aromatic nitrogens is 1. The molecule has 3 heterocycles. The fourth-order valence-corrected chi connectivity index (χ4v) is 4.48. The second kappa shape index (κ2) is 6.37. The van der Waals surface area contributed by atoms with Crippen LogP contribution >= 0.6 is 0 Å². The molecule has 5 rings (SSSR count). The Bertz CT molecular complexity index is 1110. The number of H-pyrrole nitrogens is 1. The van der Waals surface area contributed by atoms with Crippen LogP contribution in [0.2, 0.25) is 0 Å². The van der Waals surface area contributed by atoms with Crippen molar-refractivity contribution in [2.45, 2.75) is 25.3 Å². The van der Waals surface area contributed by atoms with Crippen LogP contribution in [0, 0.1) is 0 Å². The van der Waals surface area contributed by atoms with Gasteiger partial charge in [0.1, 0.15) is 6.04 Å². The number of hydrogen-bond donors (Lipinski definition) is 2. The maximum Gasteiger partial charge on any atom is 0.250 e. The van der Waals surface area contributed by atoms with Crippen LogP contribution in [0.25, 0.3) is 16.6 Å².